The van der Waals surface area contributed by atoms with E-state index in [2.05, 4.69) is 18.7 Å². The van der Waals surface area contributed by atoms with Crippen LogP contribution in [0.4, 0.5) is 0 Å². The van der Waals surface area contributed by atoms with Gasteiger partial charge in [0.25, 0.3) is 0 Å². The molecule has 1 heterocycles. The van der Waals surface area contributed by atoms with E-state index in [1.807, 2.05) is 0 Å². The number of piperidine rings is 1. The number of nitrogens with zero attached hydrogens (tertiary/aromatic N) is 2. The molecule has 0 aromatic rings. The van der Waals surface area contributed by atoms with Crippen LogP contribution in [0.2, 0.25) is 0 Å². The van der Waals surface area contributed by atoms with E-state index in [9.17, 15) is 9.59 Å². The first-order valence-electron chi connectivity index (χ1n) is 7.52. The largest absolute Gasteiger partial charge is 0.370 e. The normalized spacial score (nSPS) is 16.6. The second kappa shape index (κ2) is 11.9. The first kappa shape index (κ1) is 23.7. The van der Waals surface area contributed by atoms with Crippen molar-refractivity contribution in [3.05, 3.63) is 0 Å². The Kier molecular flexibility index (Phi) is 12.9. The van der Waals surface area contributed by atoms with Crippen LogP contribution in [0, 0.1) is 5.92 Å². The van der Waals surface area contributed by atoms with Gasteiger partial charge < -0.3 is 21.3 Å². The summed E-state index contributed by atoms with van der Waals surface area (Å²) in [4.78, 5) is 27.0. The lowest BCUT2D eigenvalue weighted by Gasteiger charge is -2.35. The molecule has 0 radical (unpaired) electrons. The molecule has 0 aliphatic carbocycles. The van der Waals surface area contributed by atoms with Crippen LogP contribution in [0.15, 0.2) is 0 Å². The molecular weight excluding hydrogens is 327 g/mol. The van der Waals surface area contributed by atoms with Crippen molar-refractivity contribution >= 4 is 36.6 Å². The van der Waals surface area contributed by atoms with Gasteiger partial charge in [-0.1, -0.05) is 13.8 Å². The highest BCUT2D eigenvalue weighted by Crippen LogP contribution is 2.19. The van der Waals surface area contributed by atoms with Crippen LogP contribution < -0.4 is 11.5 Å². The first-order valence-corrected chi connectivity index (χ1v) is 7.52. The fourth-order valence-electron chi connectivity index (χ4n) is 2.72. The van der Waals surface area contributed by atoms with E-state index >= 15 is 0 Å². The molecule has 1 fully saturated rings. The molecule has 6 nitrogen and oxygen atoms in total. The number of carbonyl (C=O) groups excluding carboxylic acids is 2. The monoisotopic (exact) mass is 356 g/mol. The molecule has 0 saturated carbocycles. The van der Waals surface area contributed by atoms with Crippen LogP contribution in [0.1, 0.15) is 33.1 Å². The van der Waals surface area contributed by atoms with Crippen LogP contribution in [0.25, 0.3) is 0 Å². The fourth-order valence-corrected chi connectivity index (χ4v) is 2.72. The Morgan fingerprint density at radius 3 is 2.09 bits per heavy atom. The Hall–Kier alpha value is -0.560. The minimum absolute atomic E-state index is 0. The molecule has 1 unspecified atom stereocenters. The molecular formula is C14H30Cl2N4O2. The van der Waals surface area contributed by atoms with Crippen molar-refractivity contribution in [1.29, 1.82) is 0 Å². The lowest BCUT2D eigenvalue weighted by molar-refractivity contribution is -0.136. The molecule has 1 atom stereocenters. The number of hydrogen-bond donors (Lipinski definition) is 2. The molecule has 1 saturated heterocycles. The summed E-state index contributed by atoms with van der Waals surface area (Å²) in [6.07, 6.45) is 1.94. The third kappa shape index (κ3) is 7.63. The maximum absolute atomic E-state index is 12.1. The second-order valence-electron chi connectivity index (χ2n) is 5.53. The Bertz CT molecular complexity index is 333. The summed E-state index contributed by atoms with van der Waals surface area (Å²) in [5, 5.41) is 0. The number of carbonyl (C=O) groups is 2. The number of nitrogens with two attached hydrogens (primary N) is 2. The van der Waals surface area contributed by atoms with Crippen molar-refractivity contribution < 1.29 is 9.59 Å². The third-order valence-electron chi connectivity index (χ3n) is 4.08. The number of hydrogen-bond acceptors (Lipinski definition) is 4. The summed E-state index contributed by atoms with van der Waals surface area (Å²) >= 11 is 0. The summed E-state index contributed by atoms with van der Waals surface area (Å²) in [5.41, 5.74) is 10.8. The quantitative estimate of drug-likeness (QED) is 0.698. The van der Waals surface area contributed by atoms with Gasteiger partial charge in [0.2, 0.25) is 11.8 Å². The van der Waals surface area contributed by atoms with Crippen LogP contribution >= 0.6 is 24.8 Å². The predicted octanol–water partition coefficient (Wildman–Crippen LogP) is 0.613. The highest BCUT2D eigenvalue weighted by Gasteiger charge is 2.27. The molecule has 0 spiro atoms. The van der Waals surface area contributed by atoms with Crippen LogP contribution in [-0.2, 0) is 9.59 Å². The SMILES string of the molecule is CCN(CC)CC1CCN(C(=O)C(N)CC(N)=O)CC1.Cl.Cl. The Balaban J connectivity index is 0. The smallest absolute Gasteiger partial charge is 0.240 e. The number of amides is 2. The van der Waals surface area contributed by atoms with E-state index in [1.54, 1.807) is 4.90 Å². The Morgan fingerprint density at radius 1 is 1.18 bits per heavy atom. The number of likely N-dealkylation sites (tertiary alicyclic amines) is 1. The Morgan fingerprint density at radius 2 is 1.68 bits per heavy atom. The summed E-state index contributed by atoms with van der Waals surface area (Å²) in [5.74, 6) is -0.0290. The summed E-state index contributed by atoms with van der Waals surface area (Å²) in [6, 6.07) is -0.785. The summed E-state index contributed by atoms with van der Waals surface area (Å²) in [6.45, 7) is 9.05. The van der Waals surface area contributed by atoms with Gasteiger partial charge in [0.15, 0.2) is 0 Å². The molecule has 22 heavy (non-hydrogen) atoms. The van der Waals surface area contributed by atoms with E-state index in [4.69, 9.17) is 11.5 Å². The summed E-state index contributed by atoms with van der Waals surface area (Å²) in [7, 11) is 0. The highest BCUT2D eigenvalue weighted by atomic mass is 35.5. The first-order chi connectivity index (χ1) is 9.47. The van der Waals surface area contributed by atoms with E-state index in [1.165, 1.54) is 0 Å². The van der Waals surface area contributed by atoms with Crippen molar-refractivity contribution in [3.8, 4) is 0 Å². The zero-order valence-corrected chi connectivity index (χ0v) is 15.1. The van der Waals surface area contributed by atoms with E-state index in [-0.39, 0.29) is 37.1 Å². The van der Waals surface area contributed by atoms with Gasteiger partial charge in [0.1, 0.15) is 0 Å². The summed E-state index contributed by atoms with van der Waals surface area (Å²) < 4.78 is 0. The Labute approximate surface area is 145 Å². The second-order valence-corrected chi connectivity index (χ2v) is 5.53. The van der Waals surface area contributed by atoms with Gasteiger partial charge in [-0.3, -0.25) is 9.59 Å². The topological polar surface area (TPSA) is 92.7 Å². The predicted molar refractivity (Wildman–Crippen MR) is 93.4 cm³/mol. The molecule has 8 heteroatoms. The molecule has 0 aromatic heterocycles. The molecule has 0 bridgehead atoms. The van der Waals surface area contributed by atoms with E-state index < -0.39 is 11.9 Å². The van der Waals surface area contributed by atoms with Crippen LogP contribution in [0.3, 0.4) is 0 Å². The van der Waals surface area contributed by atoms with Crippen LogP contribution in [0.5, 0.6) is 0 Å². The number of rotatable bonds is 7. The lowest BCUT2D eigenvalue weighted by atomic mass is 9.95. The molecule has 2 amide bonds. The molecule has 1 aliphatic rings. The highest BCUT2D eigenvalue weighted by molar-refractivity contribution is 5.87. The van der Waals surface area contributed by atoms with Crippen molar-refractivity contribution in [1.82, 2.24) is 9.80 Å². The third-order valence-corrected chi connectivity index (χ3v) is 4.08. The number of primary amides is 1. The van der Waals surface area contributed by atoms with Crippen molar-refractivity contribution in [2.45, 2.75) is 39.2 Å². The lowest BCUT2D eigenvalue weighted by Crippen LogP contribution is -2.49. The van der Waals surface area contributed by atoms with Gasteiger partial charge in [0, 0.05) is 19.6 Å². The standard InChI is InChI=1S/C14H28N4O2.2ClH/c1-3-17(4-2)10-11-5-7-18(8-6-11)14(20)12(15)9-13(16)19;;/h11-12H,3-10,15H2,1-2H3,(H2,16,19);2*1H. The van der Waals surface area contributed by atoms with E-state index in [0.717, 1.165) is 45.6 Å². The fraction of sp³-hybridized carbons (Fsp3) is 0.857. The zero-order valence-electron chi connectivity index (χ0n) is 13.5. The van der Waals surface area contributed by atoms with Crippen molar-refractivity contribution in [2.24, 2.45) is 17.4 Å². The van der Waals surface area contributed by atoms with Gasteiger partial charge in [-0.15, -0.1) is 24.8 Å². The maximum atomic E-state index is 12.1. The van der Waals surface area contributed by atoms with Gasteiger partial charge in [-0.2, -0.15) is 0 Å². The molecule has 0 aromatic carbocycles. The average molecular weight is 357 g/mol. The zero-order chi connectivity index (χ0) is 15.1. The maximum Gasteiger partial charge on any atom is 0.240 e. The number of halogens is 2. The van der Waals surface area contributed by atoms with Gasteiger partial charge in [0.05, 0.1) is 12.5 Å². The molecule has 4 N–H and O–H groups in total. The van der Waals surface area contributed by atoms with Gasteiger partial charge in [-0.25, -0.2) is 0 Å². The molecule has 132 valence electrons. The van der Waals surface area contributed by atoms with Gasteiger partial charge >= 0.3 is 0 Å². The van der Waals surface area contributed by atoms with Crippen LogP contribution in [-0.4, -0.2) is 60.4 Å². The molecule has 1 aliphatic heterocycles. The molecule has 1 rings (SSSR count). The minimum atomic E-state index is -0.785. The van der Waals surface area contributed by atoms with Crippen molar-refractivity contribution in [3.63, 3.8) is 0 Å². The average Bonchev–Trinajstić information content (AvgIpc) is 2.43. The van der Waals surface area contributed by atoms with Gasteiger partial charge in [-0.05, 0) is 31.8 Å². The van der Waals surface area contributed by atoms with E-state index in [0.29, 0.717) is 5.92 Å². The minimum Gasteiger partial charge on any atom is -0.370 e. The van der Waals surface area contributed by atoms with Crippen molar-refractivity contribution in [2.75, 3.05) is 32.7 Å².